The number of anilines is 1. The molecule has 0 saturated carbocycles. The zero-order valence-corrected chi connectivity index (χ0v) is 13.5. The molecular weight excluding hydrogens is 286 g/mol. The van der Waals surface area contributed by atoms with Gasteiger partial charge in [-0.2, -0.15) is 0 Å². The van der Waals surface area contributed by atoms with Gasteiger partial charge in [0.25, 0.3) is 0 Å². The molecule has 20 heavy (non-hydrogen) atoms. The Morgan fingerprint density at radius 3 is 2.70 bits per heavy atom. The second kappa shape index (κ2) is 6.33. The first kappa shape index (κ1) is 14.9. The summed E-state index contributed by atoms with van der Waals surface area (Å²) in [6, 6.07) is 8.28. The van der Waals surface area contributed by atoms with Crippen LogP contribution in [0.25, 0.3) is 0 Å². The first-order chi connectivity index (χ1) is 9.47. The summed E-state index contributed by atoms with van der Waals surface area (Å²) in [6.07, 6.45) is 0. The number of nitrogens with two attached hydrogens (primary N) is 1. The predicted octanol–water partition coefficient (Wildman–Crippen LogP) is 3.89. The zero-order valence-electron chi connectivity index (χ0n) is 11.9. The summed E-state index contributed by atoms with van der Waals surface area (Å²) in [5.74, 6) is 1.28. The minimum atomic E-state index is 0.239. The molecule has 2 heterocycles. The van der Waals surface area contributed by atoms with Crippen LogP contribution in [0.2, 0.25) is 0 Å². The lowest BCUT2D eigenvalue weighted by Crippen LogP contribution is -2.18. The molecule has 106 valence electrons. The van der Waals surface area contributed by atoms with Gasteiger partial charge in [0.1, 0.15) is 10.8 Å². The number of thiophene rings is 1. The summed E-state index contributed by atoms with van der Waals surface area (Å²) in [4.78, 5) is 6.23. The number of pyridine rings is 1. The molecule has 0 aliphatic carbocycles. The van der Waals surface area contributed by atoms with Crippen molar-refractivity contribution in [2.45, 2.75) is 26.8 Å². The van der Waals surface area contributed by atoms with E-state index in [1.165, 1.54) is 4.88 Å². The maximum atomic E-state index is 5.71. The summed E-state index contributed by atoms with van der Waals surface area (Å²) in [5.41, 5.74) is 7.47. The maximum Gasteiger partial charge on any atom is 0.127 e. The highest BCUT2D eigenvalue weighted by molar-refractivity contribution is 7.80. The monoisotopic (exact) mass is 305 g/mol. The molecule has 0 aliphatic heterocycles. The van der Waals surface area contributed by atoms with E-state index in [-0.39, 0.29) is 6.04 Å². The molecule has 3 N–H and O–H groups in total. The molecule has 0 fully saturated rings. The summed E-state index contributed by atoms with van der Waals surface area (Å²) in [6.45, 7) is 6.34. The summed E-state index contributed by atoms with van der Waals surface area (Å²) in [7, 11) is 0. The van der Waals surface area contributed by atoms with Crippen molar-refractivity contribution in [3.63, 3.8) is 0 Å². The van der Waals surface area contributed by atoms with E-state index in [2.05, 4.69) is 41.7 Å². The Morgan fingerprint density at radius 1 is 1.40 bits per heavy atom. The van der Waals surface area contributed by atoms with E-state index in [1.807, 2.05) is 19.1 Å². The fourth-order valence-electron chi connectivity index (χ4n) is 2.08. The Kier molecular flexibility index (Phi) is 4.73. The lowest BCUT2D eigenvalue weighted by atomic mass is 10.0. The normalized spacial score (nSPS) is 12.4. The van der Waals surface area contributed by atoms with E-state index >= 15 is 0 Å². The van der Waals surface area contributed by atoms with Crippen molar-refractivity contribution >= 4 is 34.4 Å². The maximum absolute atomic E-state index is 5.71. The van der Waals surface area contributed by atoms with Crippen LogP contribution in [0.15, 0.2) is 29.6 Å². The molecule has 1 unspecified atom stereocenters. The van der Waals surface area contributed by atoms with E-state index in [1.54, 1.807) is 11.3 Å². The number of aromatic nitrogens is 1. The van der Waals surface area contributed by atoms with Crippen LogP contribution < -0.4 is 11.1 Å². The molecule has 0 aromatic carbocycles. The Bertz CT molecular complexity index is 591. The number of rotatable bonds is 5. The number of aryl methyl sites for hydroxylation is 1. The predicted molar refractivity (Wildman–Crippen MR) is 90.4 cm³/mol. The van der Waals surface area contributed by atoms with Crippen LogP contribution in [-0.2, 0) is 0 Å². The third kappa shape index (κ3) is 3.55. The average molecular weight is 305 g/mol. The molecule has 2 aromatic rings. The van der Waals surface area contributed by atoms with Crippen LogP contribution in [-0.4, -0.2) is 9.97 Å². The number of nitrogens with one attached hydrogen (secondary N) is 1. The largest absolute Gasteiger partial charge is 0.389 e. The average Bonchev–Trinajstić information content (AvgIpc) is 2.88. The third-order valence-electron chi connectivity index (χ3n) is 3.06. The van der Waals surface area contributed by atoms with Crippen molar-refractivity contribution in [1.29, 1.82) is 0 Å². The Labute approximate surface area is 129 Å². The smallest absolute Gasteiger partial charge is 0.127 e. The van der Waals surface area contributed by atoms with Gasteiger partial charge in [0.05, 0.1) is 6.04 Å². The van der Waals surface area contributed by atoms with Crippen molar-refractivity contribution in [3.8, 4) is 0 Å². The van der Waals surface area contributed by atoms with Gasteiger partial charge in [0, 0.05) is 16.1 Å². The van der Waals surface area contributed by atoms with Gasteiger partial charge in [-0.1, -0.05) is 32.1 Å². The van der Waals surface area contributed by atoms with E-state index in [4.69, 9.17) is 18.0 Å². The van der Waals surface area contributed by atoms with Gasteiger partial charge in [0.15, 0.2) is 0 Å². The van der Waals surface area contributed by atoms with E-state index in [0.29, 0.717) is 10.9 Å². The second-order valence-electron chi connectivity index (χ2n) is 5.13. The highest BCUT2D eigenvalue weighted by atomic mass is 32.1. The molecule has 0 aliphatic rings. The van der Waals surface area contributed by atoms with E-state index in [9.17, 15) is 0 Å². The minimum Gasteiger partial charge on any atom is -0.389 e. The summed E-state index contributed by atoms with van der Waals surface area (Å²) >= 11 is 6.80. The van der Waals surface area contributed by atoms with Crippen molar-refractivity contribution < 1.29 is 0 Å². The topological polar surface area (TPSA) is 50.9 Å². The second-order valence-corrected chi connectivity index (χ2v) is 6.55. The molecule has 0 spiro atoms. The van der Waals surface area contributed by atoms with E-state index < -0.39 is 0 Å². The summed E-state index contributed by atoms with van der Waals surface area (Å²) < 4.78 is 0. The minimum absolute atomic E-state index is 0.239. The lowest BCUT2D eigenvalue weighted by molar-refractivity contribution is 0.552. The van der Waals surface area contributed by atoms with Crippen LogP contribution >= 0.6 is 23.6 Å². The van der Waals surface area contributed by atoms with Gasteiger partial charge in [-0.3, -0.25) is 0 Å². The van der Waals surface area contributed by atoms with Gasteiger partial charge in [0.2, 0.25) is 0 Å². The molecule has 0 saturated heterocycles. The molecule has 0 bridgehead atoms. The van der Waals surface area contributed by atoms with Gasteiger partial charge in [-0.15, -0.1) is 11.3 Å². The van der Waals surface area contributed by atoms with Crippen molar-refractivity contribution in [3.05, 3.63) is 45.8 Å². The molecule has 1 atom stereocenters. The van der Waals surface area contributed by atoms with Crippen LogP contribution in [0.1, 0.15) is 36.0 Å². The van der Waals surface area contributed by atoms with Crippen LogP contribution in [0.5, 0.6) is 0 Å². The molecular formula is C15H19N3S2. The standard InChI is InChI=1S/C15H19N3S2/c1-9(2)14(12-5-4-6-20-12)18-13-8-11(15(16)19)7-10(3)17-13/h4-9,14H,1-3H3,(H2,16,19)(H,17,18). The molecule has 0 radical (unpaired) electrons. The highest BCUT2D eigenvalue weighted by Crippen LogP contribution is 2.29. The zero-order chi connectivity index (χ0) is 14.7. The number of nitrogens with zero attached hydrogens (tertiary/aromatic N) is 1. The molecule has 2 rings (SSSR count). The van der Waals surface area contributed by atoms with Crippen molar-refractivity contribution in [1.82, 2.24) is 4.98 Å². The number of hydrogen-bond acceptors (Lipinski definition) is 4. The Balaban J connectivity index is 2.29. The van der Waals surface area contributed by atoms with Crippen molar-refractivity contribution in [2.24, 2.45) is 11.7 Å². The SMILES string of the molecule is Cc1cc(C(N)=S)cc(NC(c2cccs2)C(C)C)n1. The Hall–Kier alpha value is -1.46. The quantitative estimate of drug-likeness (QED) is 0.823. The number of hydrogen-bond donors (Lipinski definition) is 2. The van der Waals surface area contributed by atoms with Crippen molar-refractivity contribution in [2.75, 3.05) is 5.32 Å². The highest BCUT2D eigenvalue weighted by Gasteiger charge is 2.17. The van der Waals surface area contributed by atoms with Gasteiger partial charge in [-0.25, -0.2) is 4.98 Å². The van der Waals surface area contributed by atoms with Gasteiger partial charge >= 0.3 is 0 Å². The third-order valence-corrected chi connectivity index (χ3v) is 4.25. The first-order valence-corrected chi connectivity index (χ1v) is 7.84. The van der Waals surface area contributed by atoms with Gasteiger partial charge < -0.3 is 11.1 Å². The Morgan fingerprint density at radius 2 is 2.15 bits per heavy atom. The number of thiocarbonyl (C=S) groups is 1. The fourth-order valence-corrected chi connectivity index (χ4v) is 3.15. The van der Waals surface area contributed by atoms with Crippen LogP contribution in [0, 0.1) is 12.8 Å². The molecule has 0 amide bonds. The van der Waals surface area contributed by atoms with Crippen LogP contribution in [0.4, 0.5) is 5.82 Å². The van der Waals surface area contributed by atoms with Crippen LogP contribution in [0.3, 0.4) is 0 Å². The van der Waals surface area contributed by atoms with E-state index in [0.717, 1.165) is 17.1 Å². The molecule has 3 nitrogen and oxygen atoms in total. The first-order valence-electron chi connectivity index (χ1n) is 6.56. The lowest BCUT2D eigenvalue weighted by Gasteiger charge is -2.22. The molecule has 5 heteroatoms. The molecule has 2 aromatic heterocycles. The summed E-state index contributed by atoms with van der Waals surface area (Å²) in [5, 5.41) is 5.59. The fraction of sp³-hybridized carbons (Fsp3) is 0.333. The van der Waals surface area contributed by atoms with Gasteiger partial charge in [-0.05, 0) is 36.4 Å².